The Morgan fingerprint density at radius 2 is 2.27 bits per heavy atom. The summed E-state index contributed by atoms with van der Waals surface area (Å²) in [4.78, 5) is 12.0. The van der Waals surface area contributed by atoms with E-state index in [9.17, 15) is 4.79 Å². The Morgan fingerprint density at radius 1 is 1.60 bits per heavy atom. The van der Waals surface area contributed by atoms with Gasteiger partial charge in [0.15, 0.2) is 0 Å². The van der Waals surface area contributed by atoms with Gasteiger partial charge in [-0.05, 0) is 16.9 Å². The number of carbonyl (C=O) groups is 1. The molecule has 0 aromatic carbocycles. The van der Waals surface area contributed by atoms with Crippen LogP contribution in [0.4, 0.5) is 0 Å². The lowest BCUT2D eigenvalue weighted by atomic mass is 9.86. The molecule has 0 aliphatic carbocycles. The van der Waals surface area contributed by atoms with Crippen LogP contribution in [0.25, 0.3) is 0 Å². The minimum Gasteiger partial charge on any atom is -0.369 e. The summed E-state index contributed by atoms with van der Waals surface area (Å²) in [6, 6.07) is 4.27. The van der Waals surface area contributed by atoms with Crippen LogP contribution < -0.4 is 11.1 Å². The zero-order valence-corrected chi connectivity index (χ0v) is 10.2. The van der Waals surface area contributed by atoms with Crippen LogP contribution in [0.1, 0.15) is 31.7 Å². The van der Waals surface area contributed by atoms with Gasteiger partial charge in [0.05, 0.1) is 6.54 Å². The molecule has 4 heteroatoms. The summed E-state index contributed by atoms with van der Waals surface area (Å²) >= 11 is 1.69. The van der Waals surface area contributed by atoms with Crippen molar-refractivity contribution in [2.45, 2.75) is 26.8 Å². The highest BCUT2D eigenvalue weighted by atomic mass is 32.1. The number of hydrogen-bond acceptors (Lipinski definition) is 3. The van der Waals surface area contributed by atoms with E-state index in [4.69, 9.17) is 5.73 Å². The van der Waals surface area contributed by atoms with Gasteiger partial charge in [0.25, 0.3) is 0 Å². The lowest BCUT2D eigenvalue weighted by Gasteiger charge is -2.30. The summed E-state index contributed by atoms with van der Waals surface area (Å²) < 4.78 is 0. The molecule has 3 nitrogen and oxygen atoms in total. The van der Waals surface area contributed by atoms with Crippen molar-refractivity contribution in [3.05, 3.63) is 22.4 Å². The van der Waals surface area contributed by atoms with Gasteiger partial charge >= 0.3 is 0 Å². The molecule has 1 rings (SSSR count). The van der Waals surface area contributed by atoms with Gasteiger partial charge in [-0.3, -0.25) is 4.79 Å². The Balaban J connectivity index is 2.76. The van der Waals surface area contributed by atoms with Gasteiger partial charge < -0.3 is 11.1 Å². The van der Waals surface area contributed by atoms with Crippen LogP contribution in [0.5, 0.6) is 0 Å². The minimum atomic E-state index is -0.319. The average molecular weight is 226 g/mol. The first kappa shape index (κ1) is 12.2. The Morgan fingerprint density at radius 3 is 2.67 bits per heavy atom. The zero-order chi connectivity index (χ0) is 11.5. The molecule has 1 heterocycles. The largest absolute Gasteiger partial charge is 0.369 e. The summed E-state index contributed by atoms with van der Waals surface area (Å²) in [6.07, 6.45) is 0. The van der Waals surface area contributed by atoms with Crippen molar-refractivity contribution in [3.8, 4) is 0 Å². The van der Waals surface area contributed by atoms with Crippen LogP contribution in [0.3, 0.4) is 0 Å². The summed E-state index contributed by atoms with van der Waals surface area (Å²) in [5.74, 6) is -0.319. The number of nitrogens with one attached hydrogen (secondary N) is 1. The highest BCUT2D eigenvalue weighted by Crippen LogP contribution is 2.34. The maximum atomic E-state index is 10.8. The van der Waals surface area contributed by atoms with Gasteiger partial charge in [0, 0.05) is 10.9 Å². The standard InChI is InChI=1S/C11H18N2OS/c1-11(2,3)10(13-7-9(12)14)8-5-4-6-15-8/h4-6,10,13H,7H2,1-3H3,(H2,12,14)/t10-/m1/s1. The van der Waals surface area contributed by atoms with Crippen LogP contribution in [0, 0.1) is 5.41 Å². The summed E-state index contributed by atoms with van der Waals surface area (Å²) in [5, 5.41) is 5.24. The van der Waals surface area contributed by atoms with Gasteiger partial charge in [-0.2, -0.15) is 0 Å². The minimum absolute atomic E-state index is 0.0697. The summed E-state index contributed by atoms with van der Waals surface area (Å²) in [5.41, 5.74) is 5.21. The normalized spacial score (nSPS) is 13.8. The second kappa shape index (κ2) is 4.77. The Kier molecular flexibility index (Phi) is 3.88. The molecule has 0 aliphatic heterocycles. The molecule has 1 amide bonds. The van der Waals surface area contributed by atoms with Crippen molar-refractivity contribution in [3.63, 3.8) is 0 Å². The van der Waals surface area contributed by atoms with E-state index in [1.165, 1.54) is 4.88 Å². The summed E-state index contributed by atoms with van der Waals surface area (Å²) in [7, 11) is 0. The van der Waals surface area contributed by atoms with Crippen molar-refractivity contribution in [2.24, 2.45) is 11.1 Å². The molecule has 0 saturated carbocycles. The van der Waals surface area contributed by atoms with Crippen molar-refractivity contribution < 1.29 is 4.79 Å². The van der Waals surface area contributed by atoms with E-state index in [0.29, 0.717) is 0 Å². The first-order chi connectivity index (χ1) is 6.91. The van der Waals surface area contributed by atoms with Gasteiger partial charge in [-0.1, -0.05) is 26.8 Å². The number of hydrogen-bond donors (Lipinski definition) is 2. The topological polar surface area (TPSA) is 55.1 Å². The molecule has 0 fully saturated rings. The molecule has 0 saturated heterocycles. The van der Waals surface area contributed by atoms with Gasteiger partial charge in [0.2, 0.25) is 5.91 Å². The van der Waals surface area contributed by atoms with Gasteiger partial charge in [-0.15, -0.1) is 11.3 Å². The molecule has 15 heavy (non-hydrogen) atoms. The van der Waals surface area contributed by atoms with Crippen LogP contribution in [-0.4, -0.2) is 12.5 Å². The molecular formula is C11H18N2OS. The van der Waals surface area contributed by atoms with E-state index in [1.54, 1.807) is 11.3 Å². The van der Waals surface area contributed by atoms with E-state index >= 15 is 0 Å². The van der Waals surface area contributed by atoms with Crippen LogP contribution >= 0.6 is 11.3 Å². The maximum Gasteiger partial charge on any atom is 0.231 e. The molecular weight excluding hydrogens is 208 g/mol. The van der Waals surface area contributed by atoms with Crippen LogP contribution in [-0.2, 0) is 4.79 Å². The second-order valence-electron chi connectivity index (χ2n) is 4.66. The first-order valence-corrected chi connectivity index (χ1v) is 5.84. The third kappa shape index (κ3) is 3.64. The molecule has 84 valence electrons. The molecule has 1 aromatic heterocycles. The van der Waals surface area contributed by atoms with Crippen LogP contribution in [0.15, 0.2) is 17.5 Å². The lowest BCUT2D eigenvalue weighted by Crippen LogP contribution is -2.37. The zero-order valence-electron chi connectivity index (χ0n) is 9.41. The molecule has 0 aliphatic rings. The fourth-order valence-corrected chi connectivity index (χ4v) is 2.54. The highest BCUT2D eigenvalue weighted by Gasteiger charge is 2.26. The monoisotopic (exact) mass is 226 g/mol. The molecule has 0 bridgehead atoms. The number of carbonyl (C=O) groups excluding carboxylic acids is 1. The quantitative estimate of drug-likeness (QED) is 0.824. The first-order valence-electron chi connectivity index (χ1n) is 4.96. The van der Waals surface area contributed by atoms with E-state index < -0.39 is 0 Å². The Labute approximate surface area is 94.7 Å². The van der Waals surface area contributed by atoms with Gasteiger partial charge in [-0.25, -0.2) is 0 Å². The van der Waals surface area contributed by atoms with E-state index in [0.717, 1.165) is 0 Å². The molecule has 0 spiro atoms. The maximum absolute atomic E-state index is 10.8. The predicted molar refractivity (Wildman–Crippen MR) is 63.7 cm³/mol. The number of nitrogens with two attached hydrogens (primary N) is 1. The fraction of sp³-hybridized carbons (Fsp3) is 0.545. The van der Waals surface area contributed by atoms with Crippen LogP contribution in [0.2, 0.25) is 0 Å². The average Bonchev–Trinajstić information content (AvgIpc) is 2.54. The highest BCUT2D eigenvalue weighted by molar-refractivity contribution is 7.10. The van der Waals surface area contributed by atoms with E-state index in [2.05, 4.69) is 32.2 Å². The fourth-order valence-electron chi connectivity index (χ4n) is 1.49. The van der Waals surface area contributed by atoms with Crippen molar-refractivity contribution >= 4 is 17.2 Å². The molecule has 0 unspecified atom stereocenters. The Hall–Kier alpha value is -0.870. The number of thiophene rings is 1. The number of primary amides is 1. The lowest BCUT2D eigenvalue weighted by molar-refractivity contribution is -0.117. The Bertz CT molecular complexity index is 314. The molecule has 1 atom stereocenters. The smallest absolute Gasteiger partial charge is 0.231 e. The van der Waals surface area contributed by atoms with Gasteiger partial charge in [0.1, 0.15) is 0 Å². The second-order valence-corrected chi connectivity index (χ2v) is 5.64. The van der Waals surface area contributed by atoms with E-state index in [-0.39, 0.29) is 23.9 Å². The molecule has 0 radical (unpaired) electrons. The molecule has 3 N–H and O–H groups in total. The third-order valence-electron chi connectivity index (χ3n) is 2.17. The number of amides is 1. The van der Waals surface area contributed by atoms with Crippen molar-refractivity contribution in [1.82, 2.24) is 5.32 Å². The number of rotatable bonds is 4. The van der Waals surface area contributed by atoms with E-state index in [1.807, 2.05) is 11.4 Å². The third-order valence-corrected chi connectivity index (χ3v) is 3.11. The predicted octanol–water partition coefficient (Wildman–Crippen LogP) is 1.91. The van der Waals surface area contributed by atoms with Crippen molar-refractivity contribution in [1.29, 1.82) is 0 Å². The molecule has 1 aromatic rings. The summed E-state index contributed by atoms with van der Waals surface area (Å²) in [6.45, 7) is 6.65. The SMILES string of the molecule is CC(C)(C)[C@H](NCC(N)=O)c1cccs1. The van der Waals surface area contributed by atoms with Crippen molar-refractivity contribution in [2.75, 3.05) is 6.54 Å².